The zero-order valence-electron chi connectivity index (χ0n) is 11.7. The third kappa shape index (κ3) is 3.60. The Morgan fingerprint density at radius 3 is 2.45 bits per heavy atom. The SMILES string of the molecule is CC(C)(C)c1ccc(-c2nnc(SCC(N)=O)o2)cc1. The number of thioether (sulfide) groups is 1. The van der Waals surface area contributed by atoms with E-state index in [-0.39, 0.29) is 11.2 Å². The molecular weight excluding hydrogens is 274 g/mol. The number of amides is 1. The highest BCUT2D eigenvalue weighted by atomic mass is 32.2. The number of aromatic nitrogens is 2. The van der Waals surface area contributed by atoms with Crippen LogP contribution in [0.3, 0.4) is 0 Å². The molecule has 0 aliphatic heterocycles. The monoisotopic (exact) mass is 291 g/mol. The van der Waals surface area contributed by atoms with E-state index in [1.807, 2.05) is 12.1 Å². The zero-order chi connectivity index (χ0) is 14.8. The molecule has 0 unspecified atom stereocenters. The van der Waals surface area contributed by atoms with Crippen molar-refractivity contribution in [1.82, 2.24) is 10.2 Å². The van der Waals surface area contributed by atoms with Gasteiger partial charge in [0.25, 0.3) is 5.22 Å². The van der Waals surface area contributed by atoms with Crippen LogP contribution in [0, 0.1) is 0 Å². The fraction of sp³-hybridized carbons (Fsp3) is 0.357. The number of nitrogens with zero attached hydrogens (tertiary/aromatic N) is 2. The van der Waals surface area contributed by atoms with Gasteiger partial charge in [-0.2, -0.15) is 0 Å². The van der Waals surface area contributed by atoms with Gasteiger partial charge in [0.2, 0.25) is 11.8 Å². The second-order valence-electron chi connectivity index (χ2n) is 5.46. The first kappa shape index (κ1) is 14.6. The molecule has 2 N–H and O–H groups in total. The van der Waals surface area contributed by atoms with Crippen molar-refractivity contribution in [3.8, 4) is 11.5 Å². The Morgan fingerprint density at radius 2 is 1.90 bits per heavy atom. The minimum atomic E-state index is -0.413. The van der Waals surface area contributed by atoms with Crippen molar-refractivity contribution in [2.75, 3.05) is 5.75 Å². The lowest BCUT2D eigenvalue weighted by Crippen LogP contribution is -2.12. The van der Waals surface area contributed by atoms with Crippen molar-refractivity contribution in [2.24, 2.45) is 5.73 Å². The summed E-state index contributed by atoms with van der Waals surface area (Å²) in [4.78, 5) is 10.7. The number of hydrogen-bond donors (Lipinski definition) is 1. The lowest BCUT2D eigenvalue weighted by molar-refractivity contribution is -0.115. The smallest absolute Gasteiger partial charge is 0.277 e. The highest BCUT2D eigenvalue weighted by Crippen LogP contribution is 2.27. The van der Waals surface area contributed by atoms with Crippen molar-refractivity contribution < 1.29 is 9.21 Å². The quantitative estimate of drug-likeness (QED) is 0.876. The standard InChI is InChI=1S/C14H17N3O2S/c1-14(2,3)10-6-4-9(5-7-10)12-16-17-13(19-12)20-8-11(15)18/h4-7H,8H2,1-3H3,(H2,15,18). The van der Waals surface area contributed by atoms with Gasteiger partial charge in [-0.05, 0) is 23.1 Å². The molecule has 0 radical (unpaired) electrons. The molecule has 0 fully saturated rings. The molecule has 20 heavy (non-hydrogen) atoms. The Morgan fingerprint density at radius 1 is 1.25 bits per heavy atom. The lowest BCUT2D eigenvalue weighted by atomic mass is 9.87. The molecule has 0 spiro atoms. The van der Waals surface area contributed by atoms with Crippen LogP contribution in [-0.4, -0.2) is 21.9 Å². The van der Waals surface area contributed by atoms with E-state index in [1.54, 1.807) is 0 Å². The molecule has 2 aromatic rings. The summed E-state index contributed by atoms with van der Waals surface area (Å²) in [5, 5.41) is 8.19. The topological polar surface area (TPSA) is 82.0 Å². The summed E-state index contributed by atoms with van der Waals surface area (Å²) in [6.45, 7) is 6.48. The van der Waals surface area contributed by atoms with E-state index in [2.05, 4.69) is 43.1 Å². The Labute approximate surface area is 122 Å². The summed E-state index contributed by atoms with van der Waals surface area (Å²) in [6.07, 6.45) is 0. The van der Waals surface area contributed by atoms with Crippen LogP contribution in [0.1, 0.15) is 26.3 Å². The highest BCUT2D eigenvalue weighted by Gasteiger charge is 2.15. The molecule has 6 heteroatoms. The number of carbonyl (C=O) groups excluding carboxylic acids is 1. The Balaban J connectivity index is 2.14. The molecule has 0 atom stereocenters. The summed E-state index contributed by atoms with van der Waals surface area (Å²) in [7, 11) is 0. The molecule has 1 aromatic carbocycles. The Kier molecular flexibility index (Phi) is 4.13. The minimum Gasteiger partial charge on any atom is -0.411 e. The lowest BCUT2D eigenvalue weighted by Gasteiger charge is -2.18. The maximum absolute atomic E-state index is 10.7. The maximum Gasteiger partial charge on any atom is 0.277 e. The van der Waals surface area contributed by atoms with Crippen molar-refractivity contribution in [3.63, 3.8) is 0 Å². The van der Waals surface area contributed by atoms with Crippen LogP contribution in [0.15, 0.2) is 33.9 Å². The van der Waals surface area contributed by atoms with E-state index in [0.29, 0.717) is 11.1 Å². The van der Waals surface area contributed by atoms with Crippen molar-refractivity contribution in [2.45, 2.75) is 31.4 Å². The first-order chi connectivity index (χ1) is 9.36. The van der Waals surface area contributed by atoms with Gasteiger partial charge in [-0.1, -0.05) is 44.7 Å². The van der Waals surface area contributed by atoms with Gasteiger partial charge < -0.3 is 10.2 Å². The predicted octanol–water partition coefficient (Wildman–Crippen LogP) is 2.61. The van der Waals surface area contributed by atoms with Gasteiger partial charge in [-0.25, -0.2) is 0 Å². The summed E-state index contributed by atoms with van der Waals surface area (Å²) >= 11 is 1.14. The van der Waals surface area contributed by atoms with Gasteiger partial charge >= 0.3 is 0 Å². The van der Waals surface area contributed by atoms with Crippen LogP contribution in [0.2, 0.25) is 0 Å². The number of hydrogen-bond acceptors (Lipinski definition) is 5. The van der Waals surface area contributed by atoms with E-state index in [1.165, 1.54) is 5.56 Å². The summed E-state index contributed by atoms with van der Waals surface area (Å²) in [6, 6.07) is 8.01. The molecular formula is C14H17N3O2S. The predicted molar refractivity (Wildman–Crippen MR) is 78.4 cm³/mol. The fourth-order valence-corrected chi connectivity index (χ4v) is 2.13. The van der Waals surface area contributed by atoms with Crippen LogP contribution in [0.5, 0.6) is 0 Å². The molecule has 1 amide bonds. The number of carbonyl (C=O) groups is 1. The van der Waals surface area contributed by atoms with E-state index >= 15 is 0 Å². The van der Waals surface area contributed by atoms with Crippen LogP contribution >= 0.6 is 11.8 Å². The minimum absolute atomic E-state index is 0.107. The van der Waals surface area contributed by atoms with Crippen molar-refractivity contribution in [1.29, 1.82) is 0 Å². The molecule has 1 aromatic heterocycles. The van der Waals surface area contributed by atoms with Gasteiger partial charge in [0.05, 0.1) is 5.75 Å². The zero-order valence-corrected chi connectivity index (χ0v) is 12.5. The average molecular weight is 291 g/mol. The molecule has 5 nitrogen and oxygen atoms in total. The fourth-order valence-electron chi connectivity index (χ4n) is 1.63. The molecule has 0 aliphatic rings. The largest absolute Gasteiger partial charge is 0.411 e. The van der Waals surface area contributed by atoms with Gasteiger partial charge in [-0.15, -0.1) is 10.2 Å². The maximum atomic E-state index is 10.7. The second-order valence-corrected chi connectivity index (χ2v) is 6.38. The number of benzene rings is 1. The summed E-state index contributed by atoms with van der Waals surface area (Å²) < 4.78 is 5.48. The third-order valence-corrected chi connectivity index (χ3v) is 3.58. The van der Waals surface area contributed by atoms with E-state index in [0.717, 1.165) is 17.3 Å². The first-order valence-electron chi connectivity index (χ1n) is 6.22. The number of rotatable bonds is 4. The second kappa shape index (κ2) is 5.66. The average Bonchev–Trinajstić information content (AvgIpc) is 2.84. The normalized spacial score (nSPS) is 11.6. The first-order valence-corrected chi connectivity index (χ1v) is 7.20. The van der Waals surface area contributed by atoms with Gasteiger partial charge in [0.1, 0.15) is 0 Å². The molecule has 0 saturated heterocycles. The van der Waals surface area contributed by atoms with Crippen molar-refractivity contribution in [3.05, 3.63) is 29.8 Å². The highest BCUT2D eigenvalue weighted by molar-refractivity contribution is 7.99. The molecule has 0 aliphatic carbocycles. The molecule has 106 valence electrons. The number of nitrogens with two attached hydrogens (primary N) is 1. The Bertz CT molecular complexity index is 600. The summed E-state index contributed by atoms with van der Waals surface area (Å²) in [5.74, 6) is 0.159. The third-order valence-electron chi connectivity index (χ3n) is 2.74. The van der Waals surface area contributed by atoms with Gasteiger partial charge in [0, 0.05) is 5.56 Å². The van der Waals surface area contributed by atoms with Crippen LogP contribution in [-0.2, 0) is 10.2 Å². The Hall–Kier alpha value is -1.82. The van der Waals surface area contributed by atoms with E-state index in [4.69, 9.17) is 10.2 Å². The molecule has 0 saturated carbocycles. The van der Waals surface area contributed by atoms with Gasteiger partial charge in [0.15, 0.2) is 0 Å². The van der Waals surface area contributed by atoms with Gasteiger partial charge in [-0.3, -0.25) is 4.79 Å². The van der Waals surface area contributed by atoms with E-state index in [9.17, 15) is 4.79 Å². The molecule has 2 rings (SSSR count). The van der Waals surface area contributed by atoms with Crippen LogP contribution in [0.4, 0.5) is 0 Å². The van der Waals surface area contributed by atoms with Crippen LogP contribution in [0.25, 0.3) is 11.5 Å². The molecule has 0 bridgehead atoms. The van der Waals surface area contributed by atoms with E-state index < -0.39 is 5.91 Å². The van der Waals surface area contributed by atoms with Crippen molar-refractivity contribution >= 4 is 17.7 Å². The number of primary amides is 1. The van der Waals surface area contributed by atoms with Crippen LogP contribution < -0.4 is 5.73 Å². The summed E-state index contributed by atoms with van der Waals surface area (Å²) in [5.41, 5.74) is 7.27. The molecule has 1 heterocycles.